The molecule has 1 saturated carbocycles. The summed E-state index contributed by atoms with van der Waals surface area (Å²) in [6.45, 7) is 4.92. The Morgan fingerprint density at radius 3 is 2.56 bits per heavy atom. The highest BCUT2D eigenvalue weighted by Crippen LogP contribution is 2.29. The van der Waals surface area contributed by atoms with Crippen LogP contribution in [0.25, 0.3) is 0 Å². The fraction of sp³-hybridized carbons (Fsp3) is 0.800. The van der Waals surface area contributed by atoms with Crippen molar-refractivity contribution in [1.29, 1.82) is 0 Å². The smallest absolute Gasteiger partial charge is 0.251 e. The average Bonchev–Trinajstić information content (AvgIpc) is 3.33. The first-order valence-electron chi connectivity index (χ1n) is 8.58. The van der Waals surface area contributed by atoms with E-state index in [-0.39, 0.29) is 30.2 Å². The van der Waals surface area contributed by atoms with Crippen molar-refractivity contribution < 1.29 is 14.6 Å². The van der Waals surface area contributed by atoms with E-state index >= 15 is 0 Å². The summed E-state index contributed by atoms with van der Waals surface area (Å²) in [7, 11) is 0. The first-order valence-corrected chi connectivity index (χ1v) is 8.58. The number of hydrogen-bond acceptors (Lipinski definition) is 5. The minimum absolute atomic E-state index is 0.0175. The Hall–Kier alpha value is -2.39. The summed E-state index contributed by atoms with van der Waals surface area (Å²) in [6, 6.07) is -0.625. The van der Waals surface area contributed by atoms with Gasteiger partial charge in [-0.25, -0.2) is 15.1 Å². The zero-order valence-electron chi connectivity index (χ0n) is 14.8. The Balaban J connectivity index is 2.45. The molecule has 142 valence electrons. The first kappa shape index (κ1) is 20.7. The van der Waals surface area contributed by atoms with Gasteiger partial charge < -0.3 is 16.4 Å². The second-order valence-electron chi connectivity index (χ2n) is 6.59. The number of carbonyl (C=O) groups excluding carboxylic acids is 2. The summed E-state index contributed by atoms with van der Waals surface area (Å²) in [4.78, 5) is 38.2. The number of hydrogen-bond donors (Lipinski definition) is 4. The molecule has 0 radical (unpaired) electrons. The molecule has 10 nitrogen and oxygen atoms in total. The summed E-state index contributed by atoms with van der Waals surface area (Å²) in [5.41, 5.74) is 7.07. The quantitative estimate of drug-likeness (QED) is 0.134. The third-order valence-corrected chi connectivity index (χ3v) is 3.74. The first-order chi connectivity index (χ1) is 11.8. The Bertz CT molecular complexity index is 504. The van der Waals surface area contributed by atoms with E-state index < -0.39 is 11.1 Å². The zero-order valence-corrected chi connectivity index (χ0v) is 14.8. The van der Waals surface area contributed by atoms with E-state index in [1.165, 1.54) is 0 Å². The van der Waals surface area contributed by atoms with Crippen LogP contribution in [0, 0.1) is 22.0 Å². The summed E-state index contributed by atoms with van der Waals surface area (Å²) in [6.07, 6.45) is 3.44. The van der Waals surface area contributed by atoms with E-state index in [1.807, 2.05) is 0 Å². The molecular weight excluding hydrogens is 328 g/mol. The van der Waals surface area contributed by atoms with Gasteiger partial charge in [0.15, 0.2) is 5.03 Å². The van der Waals surface area contributed by atoms with Gasteiger partial charge in [-0.2, -0.15) is 0 Å². The van der Waals surface area contributed by atoms with Crippen LogP contribution in [-0.4, -0.2) is 41.9 Å². The van der Waals surface area contributed by atoms with Crippen molar-refractivity contribution in [1.82, 2.24) is 16.1 Å². The molecule has 1 fully saturated rings. The monoisotopic (exact) mass is 356 g/mol. The van der Waals surface area contributed by atoms with Gasteiger partial charge in [-0.3, -0.25) is 9.59 Å². The predicted molar refractivity (Wildman–Crippen MR) is 93.0 cm³/mol. The molecule has 0 aromatic rings. The molecule has 1 aliphatic carbocycles. The number of guanidine groups is 1. The lowest BCUT2D eigenvalue weighted by molar-refractivity contribution is -0.525. The van der Waals surface area contributed by atoms with E-state index in [1.54, 1.807) is 5.43 Å². The van der Waals surface area contributed by atoms with Gasteiger partial charge >= 0.3 is 0 Å². The molecule has 1 aliphatic rings. The van der Waals surface area contributed by atoms with Crippen LogP contribution in [0.5, 0.6) is 0 Å². The van der Waals surface area contributed by atoms with Gasteiger partial charge in [0, 0.05) is 19.0 Å². The average molecular weight is 356 g/mol. The van der Waals surface area contributed by atoms with Gasteiger partial charge in [0.2, 0.25) is 11.8 Å². The fourth-order valence-electron chi connectivity index (χ4n) is 2.13. The molecule has 2 amide bonds. The second kappa shape index (κ2) is 10.5. The Kier molecular flexibility index (Phi) is 8.65. The summed E-state index contributed by atoms with van der Waals surface area (Å²) in [5.74, 6) is -0.0999. The number of rotatable bonds is 11. The lowest BCUT2D eigenvalue weighted by Gasteiger charge is -2.18. The maximum Gasteiger partial charge on any atom is 0.251 e. The van der Waals surface area contributed by atoms with Crippen molar-refractivity contribution in [2.24, 2.45) is 22.6 Å². The van der Waals surface area contributed by atoms with Crippen LogP contribution in [0.15, 0.2) is 4.99 Å². The highest BCUT2D eigenvalue weighted by Gasteiger charge is 2.32. The number of nitro groups is 1. The van der Waals surface area contributed by atoms with E-state index in [2.05, 4.69) is 29.5 Å². The number of amides is 2. The third kappa shape index (κ3) is 9.48. The molecule has 10 heteroatoms. The molecule has 0 aromatic carbocycles. The molecule has 0 aliphatic heterocycles. The maximum atomic E-state index is 12.3. The van der Waals surface area contributed by atoms with E-state index in [4.69, 9.17) is 5.73 Å². The molecule has 5 N–H and O–H groups in total. The predicted octanol–water partition coefficient (Wildman–Crippen LogP) is -0.0803. The molecular formula is C15H28N6O4. The molecule has 0 heterocycles. The minimum Gasteiger partial charge on any atom is -0.365 e. The molecule has 25 heavy (non-hydrogen) atoms. The Morgan fingerprint density at radius 2 is 2.00 bits per heavy atom. The number of nitrogens with two attached hydrogens (primary N) is 1. The number of aliphatic imine (C=N–C) groups is 1. The van der Waals surface area contributed by atoms with Crippen molar-refractivity contribution in [3.63, 3.8) is 0 Å². The van der Waals surface area contributed by atoms with Crippen LogP contribution in [0.1, 0.15) is 46.0 Å². The number of hydrazine groups is 1. The molecule has 0 spiro atoms. The topological polar surface area (TPSA) is 152 Å². The number of carbonyl (C=O) groups is 2. The standard InChI is InChI=1S/C15H28N6O4/c1-10(2)7-9-17-14(23)12(19-13(22)11-5-6-11)4-3-8-18-15(16)20-21(24)25/h10-12H,3-9H2,1-2H3,(H,17,23)(H,19,22)(H3,16,18,20)/t12-/m0/s1. The van der Waals surface area contributed by atoms with Gasteiger partial charge in [-0.05, 0) is 38.0 Å². The van der Waals surface area contributed by atoms with Crippen LogP contribution in [-0.2, 0) is 9.59 Å². The molecule has 0 unspecified atom stereocenters. The summed E-state index contributed by atoms with van der Waals surface area (Å²) >= 11 is 0. The van der Waals surface area contributed by atoms with E-state index in [0.29, 0.717) is 25.3 Å². The molecule has 1 atom stereocenters. The van der Waals surface area contributed by atoms with Crippen LogP contribution in [0.3, 0.4) is 0 Å². The lowest BCUT2D eigenvalue weighted by Crippen LogP contribution is -2.47. The van der Waals surface area contributed by atoms with Gasteiger partial charge in [-0.1, -0.05) is 19.3 Å². The van der Waals surface area contributed by atoms with Crippen molar-refractivity contribution >= 4 is 17.8 Å². The second-order valence-corrected chi connectivity index (χ2v) is 6.59. The largest absolute Gasteiger partial charge is 0.365 e. The van der Waals surface area contributed by atoms with E-state index in [9.17, 15) is 19.7 Å². The Morgan fingerprint density at radius 1 is 1.32 bits per heavy atom. The van der Waals surface area contributed by atoms with Crippen molar-refractivity contribution in [3.05, 3.63) is 10.1 Å². The summed E-state index contributed by atoms with van der Waals surface area (Å²) < 4.78 is 0. The molecule has 1 rings (SSSR count). The SMILES string of the molecule is CC(C)CCNC(=O)[C@H](CCCN=C(N)N[N+](=O)[O-])NC(=O)C1CC1. The summed E-state index contributed by atoms with van der Waals surface area (Å²) in [5, 5.41) is 15.0. The Labute approximate surface area is 147 Å². The van der Waals surface area contributed by atoms with Gasteiger partial charge in [0.1, 0.15) is 6.04 Å². The van der Waals surface area contributed by atoms with Crippen molar-refractivity contribution in [2.45, 2.75) is 52.0 Å². The van der Waals surface area contributed by atoms with Gasteiger partial charge in [-0.15, -0.1) is 0 Å². The van der Waals surface area contributed by atoms with Crippen molar-refractivity contribution in [2.75, 3.05) is 13.1 Å². The normalized spacial score (nSPS) is 15.6. The van der Waals surface area contributed by atoms with Gasteiger partial charge in [0.25, 0.3) is 5.96 Å². The van der Waals surface area contributed by atoms with Crippen LogP contribution in [0.4, 0.5) is 0 Å². The van der Waals surface area contributed by atoms with Crippen LogP contribution < -0.4 is 21.8 Å². The van der Waals surface area contributed by atoms with Gasteiger partial charge in [0.05, 0.1) is 0 Å². The maximum absolute atomic E-state index is 12.3. The minimum atomic E-state index is -0.792. The fourth-order valence-corrected chi connectivity index (χ4v) is 2.13. The lowest BCUT2D eigenvalue weighted by atomic mass is 10.1. The number of nitrogens with zero attached hydrogens (tertiary/aromatic N) is 2. The van der Waals surface area contributed by atoms with Crippen LogP contribution >= 0.6 is 0 Å². The molecule has 0 aromatic heterocycles. The zero-order chi connectivity index (χ0) is 18.8. The highest BCUT2D eigenvalue weighted by atomic mass is 16.7. The molecule has 0 bridgehead atoms. The van der Waals surface area contributed by atoms with Crippen molar-refractivity contribution in [3.8, 4) is 0 Å². The van der Waals surface area contributed by atoms with Crippen LogP contribution in [0.2, 0.25) is 0 Å². The van der Waals surface area contributed by atoms with E-state index in [0.717, 1.165) is 19.3 Å². The molecule has 0 saturated heterocycles. The highest BCUT2D eigenvalue weighted by molar-refractivity contribution is 5.89. The number of nitrogens with one attached hydrogen (secondary N) is 3. The third-order valence-electron chi connectivity index (χ3n) is 3.74.